The molecule has 2 unspecified atom stereocenters. The minimum absolute atomic E-state index is 0.0366. The molecule has 3 aromatic heterocycles. The predicted octanol–water partition coefficient (Wildman–Crippen LogP) is 2.45. The Balaban J connectivity index is 1.48. The molecule has 2 atom stereocenters. The quantitative estimate of drug-likeness (QED) is 0.699. The van der Waals surface area contributed by atoms with Gasteiger partial charge in [-0.05, 0) is 19.9 Å². The van der Waals surface area contributed by atoms with Crippen LogP contribution in [0.2, 0.25) is 0 Å². The number of allylic oxidation sites excluding steroid dienone is 1. The molecule has 2 aliphatic heterocycles. The van der Waals surface area contributed by atoms with Crippen LogP contribution in [0.1, 0.15) is 19.0 Å². The normalized spacial score (nSPS) is 22.1. The minimum Gasteiger partial charge on any atom is -0.365 e. The fourth-order valence-electron chi connectivity index (χ4n) is 3.70. The van der Waals surface area contributed by atoms with Crippen LogP contribution in [-0.2, 0) is 4.74 Å². The maximum Gasteiger partial charge on any atom is 0.180 e. The number of anilines is 1. The van der Waals surface area contributed by atoms with Gasteiger partial charge in [0.25, 0.3) is 0 Å². The first-order chi connectivity index (χ1) is 13.7. The smallest absolute Gasteiger partial charge is 0.180 e. The highest BCUT2D eigenvalue weighted by Gasteiger charge is 2.29. The van der Waals surface area contributed by atoms with Crippen LogP contribution in [-0.4, -0.2) is 55.8 Å². The largest absolute Gasteiger partial charge is 0.365 e. The monoisotopic (exact) mass is 375 g/mol. The van der Waals surface area contributed by atoms with E-state index in [2.05, 4.69) is 37.8 Å². The van der Waals surface area contributed by atoms with Gasteiger partial charge in [0, 0.05) is 31.6 Å². The van der Waals surface area contributed by atoms with E-state index in [1.165, 1.54) is 0 Å². The third-order valence-electron chi connectivity index (χ3n) is 4.98. The fourth-order valence-corrected chi connectivity index (χ4v) is 3.70. The van der Waals surface area contributed by atoms with Gasteiger partial charge in [-0.2, -0.15) is 0 Å². The van der Waals surface area contributed by atoms with Crippen LogP contribution in [0.25, 0.3) is 17.2 Å². The van der Waals surface area contributed by atoms with E-state index in [0.29, 0.717) is 5.82 Å². The van der Waals surface area contributed by atoms with Crippen molar-refractivity contribution in [2.24, 2.45) is 4.99 Å². The molecule has 5 rings (SSSR count). The highest BCUT2D eigenvalue weighted by molar-refractivity contribution is 5.65. The van der Waals surface area contributed by atoms with Crippen LogP contribution in [0.3, 0.4) is 0 Å². The average Bonchev–Trinajstić information content (AvgIpc) is 3.37. The van der Waals surface area contributed by atoms with Crippen molar-refractivity contribution in [3.05, 3.63) is 48.3 Å². The Morgan fingerprint density at radius 1 is 1.14 bits per heavy atom. The molecule has 0 N–H and O–H groups in total. The lowest BCUT2D eigenvalue weighted by molar-refractivity contribution is 0.00346. The Kier molecular flexibility index (Phi) is 4.12. The third kappa shape index (κ3) is 3.05. The Hall–Kier alpha value is -3.13. The van der Waals surface area contributed by atoms with Crippen LogP contribution in [0.4, 0.5) is 5.82 Å². The number of aryl methyl sites for hydroxylation is 1. The third-order valence-corrected chi connectivity index (χ3v) is 4.98. The van der Waals surface area contributed by atoms with E-state index >= 15 is 0 Å². The second-order valence-electron chi connectivity index (χ2n) is 7.16. The molecule has 142 valence electrons. The minimum atomic E-state index is -0.0366. The first-order valence-electron chi connectivity index (χ1n) is 9.43. The van der Waals surface area contributed by atoms with Crippen molar-refractivity contribution in [2.75, 3.05) is 18.0 Å². The maximum absolute atomic E-state index is 6.11. The summed E-state index contributed by atoms with van der Waals surface area (Å²) in [6, 6.07) is 1.95. The molecular formula is C20H21N7O. The molecule has 1 fully saturated rings. The second-order valence-corrected chi connectivity index (χ2v) is 7.16. The highest BCUT2D eigenvalue weighted by atomic mass is 16.5. The standard InChI is InChI=1S/C20H21N7O/c1-13-10-27-16(8-24-19(27)9-23-13)20-22-7-5-18(25-20)26-11-14(2)28-17(12-26)15-4-3-6-21-15/h4-10,14,17H,3,11-12H2,1-2H3. The van der Waals surface area contributed by atoms with Gasteiger partial charge in [0.1, 0.15) is 17.6 Å². The SMILES string of the molecule is Cc1cn2c(-c3nccc(N4CC(C)OC(C5=CCC=N5)C4)n3)cnc2cn1. The van der Waals surface area contributed by atoms with Crippen molar-refractivity contribution in [3.63, 3.8) is 0 Å². The molecule has 0 spiro atoms. The van der Waals surface area contributed by atoms with Gasteiger partial charge in [-0.3, -0.25) is 14.4 Å². The average molecular weight is 375 g/mol. The molecule has 0 saturated carbocycles. The van der Waals surface area contributed by atoms with Crippen LogP contribution in [0.15, 0.2) is 47.6 Å². The van der Waals surface area contributed by atoms with Crippen molar-refractivity contribution in [3.8, 4) is 11.5 Å². The zero-order chi connectivity index (χ0) is 19.1. The molecule has 0 aliphatic carbocycles. The molecule has 0 amide bonds. The molecule has 8 nitrogen and oxygen atoms in total. The summed E-state index contributed by atoms with van der Waals surface area (Å²) in [6.07, 6.45) is 12.3. The summed E-state index contributed by atoms with van der Waals surface area (Å²) >= 11 is 0. The van der Waals surface area contributed by atoms with Gasteiger partial charge < -0.3 is 9.64 Å². The van der Waals surface area contributed by atoms with Crippen molar-refractivity contribution in [1.82, 2.24) is 24.3 Å². The molecule has 2 aliphatic rings. The van der Waals surface area contributed by atoms with Crippen molar-refractivity contribution in [2.45, 2.75) is 32.5 Å². The van der Waals surface area contributed by atoms with E-state index in [9.17, 15) is 0 Å². The number of hydrogen-bond acceptors (Lipinski definition) is 7. The lowest BCUT2D eigenvalue weighted by atomic mass is 10.1. The number of imidazole rings is 1. The number of aliphatic imine (C=N–C) groups is 1. The molecule has 0 bridgehead atoms. The summed E-state index contributed by atoms with van der Waals surface area (Å²) in [4.78, 5) is 24.7. The van der Waals surface area contributed by atoms with E-state index in [4.69, 9.17) is 9.72 Å². The molecule has 0 radical (unpaired) electrons. The summed E-state index contributed by atoms with van der Waals surface area (Å²) in [6.45, 7) is 5.54. The van der Waals surface area contributed by atoms with Gasteiger partial charge in [0.15, 0.2) is 11.5 Å². The topological polar surface area (TPSA) is 80.8 Å². The Bertz CT molecular complexity index is 1090. The van der Waals surface area contributed by atoms with Gasteiger partial charge in [0.2, 0.25) is 0 Å². The number of morpholine rings is 1. The van der Waals surface area contributed by atoms with E-state index in [1.807, 2.05) is 29.8 Å². The van der Waals surface area contributed by atoms with Gasteiger partial charge in [-0.1, -0.05) is 6.08 Å². The fraction of sp³-hybridized carbons (Fsp3) is 0.350. The molecule has 1 saturated heterocycles. The highest BCUT2D eigenvalue weighted by Crippen LogP contribution is 2.26. The molecule has 0 aromatic carbocycles. The Morgan fingerprint density at radius 3 is 2.93 bits per heavy atom. The number of rotatable bonds is 3. The van der Waals surface area contributed by atoms with Crippen LogP contribution >= 0.6 is 0 Å². The molecular weight excluding hydrogens is 354 g/mol. The lowest BCUT2D eigenvalue weighted by Gasteiger charge is -2.37. The summed E-state index contributed by atoms with van der Waals surface area (Å²) < 4.78 is 8.08. The summed E-state index contributed by atoms with van der Waals surface area (Å²) in [7, 11) is 0. The number of ether oxygens (including phenoxy) is 1. The van der Waals surface area contributed by atoms with Gasteiger partial charge in [0.05, 0.1) is 36.4 Å². The first-order valence-corrected chi connectivity index (χ1v) is 9.43. The van der Waals surface area contributed by atoms with Crippen LogP contribution in [0, 0.1) is 6.92 Å². The van der Waals surface area contributed by atoms with E-state index in [0.717, 1.165) is 48.1 Å². The zero-order valence-corrected chi connectivity index (χ0v) is 15.9. The first kappa shape index (κ1) is 17.0. The van der Waals surface area contributed by atoms with Crippen molar-refractivity contribution in [1.29, 1.82) is 0 Å². The maximum atomic E-state index is 6.11. The van der Waals surface area contributed by atoms with Gasteiger partial charge >= 0.3 is 0 Å². The lowest BCUT2D eigenvalue weighted by Crippen LogP contribution is -2.47. The van der Waals surface area contributed by atoms with Gasteiger partial charge in [-0.25, -0.2) is 15.0 Å². The van der Waals surface area contributed by atoms with E-state index in [-0.39, 0.29) is 12.2 Å². The number of aromatic nitrogens is 5. The summed E-state index contributed by atoms with van der Waals surface area (Å²) in [5.41, 5.74) is 3.55. The van der Waals surface area contributed by atoms with E-state index in [1.54, 1.807) is 18.6 Å². The van der Waals surface area contributed by atoms with E-state index < -0.39 is 0 Å². The zero-order valence-electron chi connectivity index (χ0n) is 15.9. The Labute approximate surface area is 162 Å². The molecule has 5 heterocycles. The summed E-state index contributed by atoms with van der Waals surface area (Å²) in [5.74, 6) is 1.53. The van der Waals surface area contributed by atoms with Crippen LogP contribution < -0.4 is 4.90 Å². The summed E-state index contributed by atoms with van der Waals surface area (Å²) in [5, 5.41) is 0. The number of nitrogens with zero attached hydrogens (tertiary/aromatic N) is 7. The Morgan fingerprint density at radius 2 is 2.07 bits per heavy atom. The molecule has 8 heteroatoms. The van der Waals surface area contributed by atoms with Gasteiger partial charge in [-0.15, -0.1) is 0 Å². The molecule has 28 heavy (non-hydrogen) atoms. The molecule has 3 aromatic rings. The predicted molar refractivity (Wildman–Crippen MR) is 106 cm³/mol. The van der Waals surface area contributed by atoms with Crippen molar-refractivity contribution < 1.29 is 4.74 Å². The number of hydrogen-bond donors (Lipinski definition) is 0. The van der Waals surface area contributed by atoms with Crippen molar-refractivity contribution >= 4 is 17.7 Å². The van der Waals surface area contributed by atoms with Crippen LogP contribution in [0.5, 0.6) is 0 Å². The second kappa shape index (κ2) is 6.79. The number of fused-ring (bicyclic) bond motifs is 1.